The third kappa shape index (κ3) is 2.32. The molecule has 2 bridgehead atoms. The van der Waals surface area contributed by atoms with Gasteiger partial charge in [-0.1, -0.05) is 26.0 Å². The van der Waals surface area contributed by atoms with E-state index in [-0.39, 0.29) is 5.90 Å². The first-order valence-electron chi connectivity index (χ1n) is 9.31. The van der Waals surface area contributed by atoms with Crippen molar-refractivity contribution in [3.05, 3.63) is 29.8 Å². The smallest absolute Gasteiger partial charge is 0.214 e. The fourth-order valence-electron chi connectivity index (χ4n) is 4.48. The summed E-state index contributed by atoms with van der Waals surface area (Å²) in [7, 11) is 0. The molecule has 0 radical (unpaired) electrons. The Bertz CT molecular complexity index is 894. The largest absolute Gasteiger partial charge is 0.494 e. The van der Waals surface area contributed by atoms with Gasteiger partial charge in [0.05, 0.1) is 30.7 Å². The molecule has 1 aromatic rings. The summed E-state index contributed by atoms with van der Waals surface area (Å²) in [6.45, 7) is 6.09. The Kier molecular flexibility index (Phi) is 4.79. The van der Waals surface area contributed by atoms with Crippen LogP contribution < -0.4 is 4.74 Å². The third-order valence-electron chi connectivity index (χ3n) is 5.78. The molecule has 144 valence electrons. The van der Waals surface area contributed by atoms with Crippen molar-refractivity contribution in [3.8, 4) is 24.0 Å². The van der Waals surface area contributed by atoms with Gasteiger partial charge in [0.2, 0.25) is 17.1 Å². The maximum absolute atomic E-state index is 10.1. The molecule has 2 fully saturated rings. The Labute approximate surface area is 164 Å². The molecular formula is C21H22N4O3. The molecule has 7 nitrogen and oxygen atoms in total. The third-order valence-corrected chi connectivity index (χ3v) is 5.78. The highest BCUT2D eigenvalue weighted by molar-refractivity contribution is 5.89. The summed E-state index contributed by atoms with van der Waals surface area (Å²) in [4.78, 5) is 0. The molecule has 0 spiro atoms. The maximum Gasteiger partial charge on any atom is 0.214 e. The van der Waals surface area contributed by atoms with Gasteiger partial charge >= 0.3 is 0 Å². The Balaban J connectivity index is 2.16. The predicted octanol–water partition coefficient (Wildman–Crippen LogP) is 3.84. The lowest BCUT2D eigenvalue weighted by Gasteiger charge is -2.48. The zero-order valence-corrected chi connectivity index (χ0v) is 16.2. The minimum atomic E-state index is -1.92. The molecule has 2 aliphatic heterocycles. The van der Waals surface area contributed by atoms with E-state index in [1.54, 1.807) is 31.2 Å². The normalized spacial score (nSPS) is 32.5. The summed E-state index contributed by atoms with van der Waals surface area (Å²) in [5.41, 5.74) is -3.06. The zero-order valence-electron chi connectivity index (χ0n) is 16.2. The van der Waals surface area contributed by atoms with E-state index in [1.165, 1.54) is 0 Å². The summed E-state index contributed by atoms with van der Waals surface area (Å²) in [6.07, 6.45) is 0.257. The van der Waals surface area contributed by atoms with Gasteiger partial charge in [-0.05, 0) is 30.5 Å². The van der Waals surface area contributed by atoms with Gasteiger partial charge in [0, 0.05) is 6.92 Å². The summed E-state index contributed by atoms with van der Waals surface area (Å²) >= 11 is 0. The van der Waals surface area contributed by atoms with E-state index < -0.39 is 28.6 Å². The zero-order chi connectivity index (χ0) is 20.6. The molecule has 2 aliphatic rings. The number of fused-ring (bicyclic) bond motifs is 2. The van der Waals surface area contributed by atoms with Gasteiger partial charge in [0.15, 0.2) is 5.41 Å². The molecule has 4 atom stereocenters. The maximum atomic E-state index is 10.1. The molecule has 0 saturated carbocycles. The summed E-state index contributed by atoms with van der Waals surface area (Å²) in [5, 5.41) is 38.7. The quantitative estimate of drug-likeness (QED) is 0.830. The van der Waals surface area contributed by atoms with Gasteiger partial charge < -0.3 is 14.2 Å². The van der Waals surface area contributed by atoms with Crippen LogP contribution in [0.5, 0.6) is 5.75 Å². The second kappa shape index (κ2) is 6.82. The van der Waals surface area contributed by atoms with E-state index >= 15 is 0 Å². The Hall–Kier alpha value is -3.08. The van der Waals surface area contributed by atoms with E-state index in [9.17, 15) is 15.8 Å². The van der Waals surface area contributed by atoms with E-state index in [0.717, 1.165) is 6.42 Å². The van der Waals surface area contributed by atoms with E-state index in [4.69, 9.17) is 19.6 Å². The van der Waals surface area contributed by atoms with Crippen molar-refractivity contribution in [2.24, 2.45) is 16.7 Å². The molecule has 1 aromatic carbocycles. The average molecular weight is 378 g/mol. The van der Waals surface area contributed by atoms with Gasteiger partial charge in [-0.25, -0.2) is 0 Å². The molecule has 0 aromatic heterocycles. The SMILES string of the molecule is CCCOc1ccc(C2OC3(C)OC(=N)C(C#N)(C3CC)C2(C#N)C#N)cc1. The first kappa shape index (κ1) is 19.7. The standard InChI is InChI=1S/C21H22N4O3/c1-4-10-26-15-8-6-14(7-9-15)17-20(11-22,12-23)21(13-24)16(5-2)19(3,27-17)28-18(21)25/h6-9,16-17,25H,4-5,10H2,1-3H3. The lowest BCUT2D eigenvalue weighted by molar-refractivity contribution is -0.273. The van der Waals surface area contributed by atoms with Crippen molar-refractivity contribution in [2.45, 2.75) is 45.5 Å². The van der Waals surface area contributed by atoms with Crippen LogP contribution in [-0.4, -0.2) is 18.3 Å². The Morgan fingerprint density at radius 2 is 1.75 bits per heavy atom. The Morgan fingerprint density at radius 1 is 1.11 bits per heavy atom. The molecule has 2 heterocycles. The average Bonchev–Trinajstić information content (AvgIpc) is 2.89. The molecule has 3 rings (SSSR count). The second-order valence-electron chi connectivity index (χ2n) is 7.27. The Morgan fingerprint density at radius 3 is 2.25 bits per heavy atom. The van der Waals surface area contributed by atoms with E-state index in [2.05, 4.69) is 6.07 Å². The van der Waals surface area contributed by atoms with Crippen LogP contribution in [-0.2, 0) is 9.47 Å². The molecular weight excluding hydrogens is 356 g/mol. The van der Waals surface area contributed by atoms with Crippen LogP contribution in [0.2, 0.25) is 0 Å². The van der Waals surface area contributed by atoms with E-state index in [0.29, 0.717) is 24.3 Å². The molecule has 7 heteroatoms. The molecule has 0 aliphatic carbocycles. The van der Waals surface area contributed by atoms with Gasteiger partial charge in [0.1, 0.15) is 11.9 Å². The van der Waals surface area contributed by atoms with Crippen LogP contribution in [0.3, 0.4) is 0 Å². The van der Waals surface area contributed by atoms with Crippen LogP contribution in [0, 0.1) is 56.2 Å². The summed E-state index contributed by atoms with van der Waals surface area (Å²) in [6, 6.07) is 13.1. The molecule has 1 N–H and O–H groups in total. The number of benzene rings is 1. The fraction of sp³-hybridized carbons (Fsp3) is 0.524. The minimum absolute atomic E-state index is 0.377. The number of nitrogens with one attached hydrogen (secondary N) is 1. The molecule has 0 amide bonds. The lowest BCUT2D eigenvalue weighted by Crippen LogP contribution is -2.58. The second-order valence-corrected chi connectivity index (χ2v) is 7.27. The van der Waals surface area contributed by atoms with Crippen LogP contribution in [0.1, 0.15) is 45.3 Å². The highest BCUT2D eigenvalue weighted by Crippen LogP contribution is 2.67. The number of ether oxygens (including phenoxy) is 3. The summed E-state index contributed by atoms with van der Waals surface area (Å²) in [5.74, 6) is -1.58. The highest BCUT2D eigenvalue weighted by atomic mass is 16.7. The monoisotopic (exact) mass is 378 g/mol. The molecule has 4 unspecified atom stereocenters. The van der Waals surface area contributed by atoms with Crippen molar-refractivity contribution in [1.82, 2.24) is 0 Å². The van der Waals surface area contributed by atoms with Crippen molar-refractivity contribution in [1.29, 1.82) is 21.2 Å². The lowest BCUT2D eigenvalue weighted by atomic mass is 9.53. The summed E-state index contributed by atoms with van der Waals surface area (Å²) < 4.78 is 17.4. The van der Waals surface area contributed by atoms with Gasteiger partial charge in [-0.3, -0.25) is 5.41 Å². The van der Waals surface area contributed by atoms with Gasteiger partial charge in [-0.2, -0.15) is 15.8 Å². The number of nitriles is 3. The van der Waals surface area contributed by atoms with Crippen molar-refractivity contribution in [2.75, 3.05) is 6.61 Å². The van der Waals surface area contributed by atoms with Crippen LogP contribution >= 0.6 is 0 Å². The van der Waals surface area contributed by atoms with Crippen molar-refractivity contribution in [3.63, 3.8) is 0 Å². The van der Waals surface area contributed by atoms with Gasteiger partial charge in [0.25, 0.3) is 0 Å². The first-order valence-corrected chi connectivity index (χ1v) is 9.31. The van der Waals surface area contributed by atoms with Crippen molar-refractivity contribution >= 4 is 5.90 Å². The number of rotatable bonds is 5. The number of hydrogen-bond donors (Lipinski definition) is 1. The molecule has 28 heavy (non-hydrogen) atoms. The van der Waals surface area contributed by atoms with Crippen molar-refractivity contribution < 1.29 is 14.2 Å². The van der Waals surface area contributed by atoms with Crippen LogP contribution in [0.15, 0.2) is 24.3 Å². The highest BCUT2D eigenvalue weighted by Gasteiger charge is 2.78. The molecule has 2 saturated heterocycles. The topological polar surface area (TPSA) is 123 Å². The fourth-order valence-corrected chi connectivity index (χ4v) is 4.48. The van der Waals surface area contributed by atoms with Gasteiger partial charge in [-0.15, -0.1) is 0 Å². The van der Waals surface area contributed by atoms with E-state index in [1.807, 2.05) is 26.0 Å². The number of nitrogens with zero attached hydrogens (tertiary/aromatic N) is 3. The van der Waals surface area contributed by atoms with Crippen LogP contribution in [0.4, 0.5) is 0 Å². The first-order chi connectivity index (χ1) is 13.4. The van der Waals surface area contributed by atoms with Crippen LogP contribution in [0.25, 0.3) is 0 Å². The number of hydrogen-bond acceptors (Lipinski definition) is 7. The minimum Gasteiger partial charge on any atom is -0.494 e. The predicted molar refractivity (Wildman–Crippen MR) is 98.8 cm³/mol.